The van der Waals surface area contributed by atoms with Crippen molar-refractivity contribution < 1.29 is 9.59 Å². The fraction of sp³-hybridized carbons (Fsp3) is 0.842. The van der Waals surface area contributed by atoms with E-state index < -0.39 is 0 Å². The van der Waals surface area contributed by atoms with Gasteiger partial charge in [0, 0.05) is 52.7 Å². The molecule has 146 valence electrons. The zero-order valence-corrected chi connectivity index (χ0v) is 16.2. The Morgan fingerprint density at radius 3 is 2.69 bits per heavy atom. The lowest BCUT2D eigenvalue weighted by atomic mass is 9.89. The number of rotatable bonds is 4. The minimum atomic E-state index is 0.0108. The molecule has 0 bridgehead atoms. The smallest absolute Gasteiger partial charge is 0.243 e. The van der Waals surface area contributed by atoms with E-state index in [0.717, 1.165) is 38.6 Å². The first-order chi connectivity index (χ1) is 12.5. The van der Waals surface area contributed by atoms with E-state index in [0.29, 0.717) is 18.4 Å². The molecule has 3 rings (SSSR count). The predicted molar refractivity (Wildman–Crippen MR) is 102 cm³/mol. The number of likely N-dealkylation sites (N-methyl/N-ethyl adjacent to an activating group) is 1. The molecule has 26 heavy (non-hydrogen) atoms. The highest BCUT2D eigenvalue weighted by atomic mass is 16.2. The van der Waals surface area contributed by atoms with Crippen LogP contribution in [-0.2, 0) is 9.59 Å². The van der Waals surface area contributed by atoms with E-state index >= 15 is 0 Å². The average Bonchev–Trinajstić information content (AvgIpc) is 3.02. The van der Waals surface area contributed by atoms with Gasteiger partial charge in [-0.1, -0.05) is 19.3 Å². The van der Waals surface area contributed by atoms with Gasteiger partial charge in [0.1, 0.15) is 6.54 Å². The summed E-state index contributed by atoms with van der Waals surface area (Å²) < 4.78 is 0. The number of aliphatic imine (C=N–C) groups is 1. The summed E-state index contributed by atoms with van der Waals surface area (Å²) in [6.07, 6.45) is 8.15. The molecular weight excluding hydrogens is 330 g/mol. The first-order valence-corrected chi connectivity index (χ1v) is 10.1. The molecular formula is C19H33N5O2. The van der Waals surface area contributed by atoms with Crippen LogP contribution in [0.25, 0.3) is 0 Å². The van der Waals surface area contributed by atoms with E-state index in [4.69, 9.17) is 0 Å². The molecule has 1 N–H and O–H groups in total. The number of carbonyl (C=O) groups is 2. The fourth-order valence-electron chi connectivity index (χ4n) is 4.24. The van der Waals surface area contributed by atoms with Crippen LogP contribution in [0.3, 0.4) is 0 Å². The molecule has 0 radical (unpaired) electrons. The van der Waals surface area contributed by atoms with Crippen molar-refractivity contribution in [1.29, 1.82) is 0 Å². The number of piperazine rings is 1. The summed E-state index contributed by atoms with van der Waals surface area (Å²) >= 11 is 0. The Hall–Kier alpha value is -1.79. The minimum absolute atomic E-state index is 0.0108. The van der Waals surface area contributed by atoms with Gasteiger partial charge in [-0.05, 0) is 25.2 Å². The average molecular weight is 364 g/mol. The Morgan fingerprint density at radius 1 is 1.19 bits per heavy atom. The van der Waals surface area contributed by atoms with E-state index in [1.807, 2.05) is 4.90 Å². The summed E-state index contributed by atoms with van der Waals surface area (Å²) in [5, 5.41) is 3.55. The standard InChI is InChI=1S/C19H33N5O2/c1-22(2)18(26)13-21-19(20-12-15-6-4-3-5-7-15)23-10-11-24-16(14-23)8-9-17(24)25/h15-16H,3-14H2,1-2H3,(H,20,21). The molecule has 0 spiro atoms. The number of nitrogens with one attached hydrogen (secondary N) is 1. The fourth-order valence-corrected chi connectivity index (χ4v) is 4.24. The molecule has 1 saturated carbocycles. The maximum absolute atomic E-state index is 12.0. The van der Waals surface area contributed by atoms with Crippen molar-refractivity contribution in [3.63, 3.8) is 0 Å². The van der Waals surface area contributed by atoms with Gasteiger partial charge in [0.25, 0.3) is 0 Å². The lowest BCUT2D eigenvalue weighted by molar-refractivity contribution is -0.130. The number of guanidine groups is 1. The topological polar surface area (TPSA) is 68.2 Å². The maximum Gasteiger partial charge on any atom is 0.243 e. The van der Waals surface area contributed by atoms with Crippen molar-refractivity contribution in [3.8, 4) is 0 Å². The van der Waals surface area contributed by atoms with E-state index in [9.17, 15) is 9.59 Å². The van der Waals surface area contributed by atoms with Gasteiger partial charge in [-0.15, -0.1) is 0 Å². The summed E-state index contributed by atoms with van der Waals surface area (Å²) in [6.45, 7) is 3.46. The van der Waals surface area contributed by atoms with Crippen LogP contribution in [0.4, 0.5) is 0 Å². The van der Waals surface area contributed by atoms with Gasteiger partial charge in [-0.3, -0.25) is 9.59 Å². The van der Waals surface area contributed by atoms with E-state index in [-0.39, 0.29) is 18.4 Å². The summed E-state index contributed by atoms with van der Waals surface area (Å²) in [5.74, 6) is 1.83. The quantitative estimate of drug-likeness (QED) is 0.595. The number of amides is 2. The third kappa shape index (κ3) is 4.68. The van der Waals surface area contributed by atoms with Crippen LogP contribution < -0.4 is 5.32 Å². The summed E-state index contributed by atoms with van der Waals surface area (Å²) in [4.78, 5) is 34.4. The molecule has 3 aliphatic rings. The van der Waals surface area contributed by atoms with Crippen molar-refractivity contribution in [1.82, 2.24) is 20.0 Å². The number of nitrogens with zero attached hydrogens (tertiary/aromatic N) is 4. The highest BCUT2D eigenvalue weighted by molar-refractivity contribution is 5.85. The Bertz CT molecular complexity index is 542. The van der Waals surface area contributed by atoms with Gasteiger partial charge < -0.3 is 20.0 Å². The zero-order valence-electron chi connectivity index (χ0n) is 16.2. The zero-order chi connectivity index (χ0) is 18.5. The monoisotopic (exact) mass is 363 g/mol. The van der Waals surface area contributed by atoms with Crippen molar-refractivity contribution >= 4 is 17.8 Å². The second kappa shape index (κ2) is 8.73. The highest BCUT2D eigenvalue weighted by Gasteiger charge is 2.36. The molecule has 2 amide bonds. The van der Waals surface area contributed by atoms with Gasteiger partial charge >= 0.3 is 0 Å². The second-order valence-corrected chi connectivity index (χ2v) is 8.04. The number of carbonyl (C=O) groups excluding carboxylic acids is 2. The first-order valence-electron chi connectivity index (χ1n) is 10.1. The second-order valence-electron chi connectivity index (χ2n) is 8.04. The lowest BCUT2D eigenvalue weighted by Crippen LogP contribution is -2.56. The molecule has 0 aromatic heterocycles. The normalized spacial score (nSPS) is 24.6. The third-order valence-corrected chi connectivity index (χ3v) is 5.93. The molecule has 7 heteroatoms. The van der Waals surface area contributed by atoms with Crippen LogP contribution in [0.15, 0.2) is 4.99 Å². The van der Waals surface area contributed by atoms with Crippen LogP contribution in [0, 0.1) is 5.92 Å². The van der Waals surface area contributed by atoms with Crippen molar-refractivity contribution in [2.45, 2.75) is 51.0 Å². The summed E-state index contributed by atoms with van der Waals surface area (Å²) in [7, 11) is 3.52. The van der Waals surface area contributed by atoms with E-state index in [1.54, 1.807) is 19.0 Å². The SMILES string of the molecule is CN(C)C(=O)CN=C(NCC1CCCCC1)N1CCN2C(=O)CCC2C1. The van der Waals surface area contributed by atoms with Crippen molar-refractivity contribution in [2.24, 2.45) is 10.9 Å². The van der Waals surface area contributed by atoms with Crippen LogP contribution in [-0.4, -0.2) is 85.3 Å². The van der Waals surface area contributed by atoms with Gasteiger partial charge in [0.05, 0.1) is 0 Å². The molecule has 3 fully saturated rings. The van der Waals surface area contributed by atoms with Crippen molar-refractivity contribution in [2.75, 3.05) is 46.8 Å². The lowest BCUT2D eigenvalue weighted by Gasteiger charge is -2.39. The molecule has 2 saturated heterocycles. The van der Waals surface area contributed by atoms with Gasteiger partial charge in [-0.2, -0.15) is 0 Å². The number of hydrogen-bond donors (Lipinski definition) is 1. The van der Waals surface area contributed by atoms with Crippen LogP contribution >= 0.6 is 0 Å². The Kier molecular flexibility index (Phi) is 6.38. The van der Waals surface area contributed by atoms with Gasteiger partial charge in [0.2, 0.25) is 11.8 Å². The van der Waals surface area contributed by atoms with Gasteiger partial charge in [-0.25, -0.2) is 4.99 Å². The van der Waals surface area contributed by atoms with Crippen LogP contribution in [0.5, 0.6) is 0 Å². The number of fused-ring (bicyclic) bond motifs is 1. The molecule has 1 atom stereocenters. The highest BCUT2D eigenvalue weighted by Crippen LogP contribution is 2.24. The Labute approximate surface area is 156 Å². The molecule has 7 nitrogen and oxygen atoms in total. The van der Waals surface area contributed by atoms with Gasteiger partial charge in [0.15, 0.2) is 5.96 Å². The van der Waals surface area contributed by atoms with Crippen LogP contribution in [0.1, 0.15) is 44.9 Å². The molecule has 2 heterocycles. The molecule has 0 aromatic carbocycles. The molecule has 1 unspecified atom stereocenters. The molecule has 1 aliphatic carbocycles. The Balaban J connectivity index is 1.62. The summed E-state index contributed by atoms with van der Waals surface area (Å²) in [6, 6.07) is 0.294. The van der Waals surface area contributed by atoms with E-state index in [2.05, 4.69) is 15.2 Å². The van der Waals surface area contributed by atoms with Crippen LogP contribution in [0.2, 0.25) is 0 Å². The molecule has 2 aliphatic heterocycles. The largest absolute Gasteiger partial charge is 0.356 e. The predicted octanol–water partition coefficient (Wildman–Crippen LogP) is 0.907. The third-order valence-electron chi connectivity index (χ3n) is 5.93. The van der Waals surface area contributed by atoms with Crippen molar-refractivity contribution in [3.05, 3.63) is 0 Å². The van der Waals surface area contributed by atoms with E-state index in [1.165, 1.54) is 32.1 Å². The summed E-state index contributed by atoms with van der Waals surface area (Å²) in [5.41, 5.74) is 0. The molecule has 0 aromatic rings. The first kappa shape index (κ1) is 19.0. The minimum Gasteiger partial charge on any atom is -0.356 e. The maximum atomic E-state index is 12.0. The Morgan fingerprint density at radius 2 is 1.96 bits per heavy atom. The number of hydrogen-bond acceptors (Lipinski definition) is 3.